The molecule has 5 heteroatoms. The van der Waals surface area contributed by atoms with Crippen LogP contribution in [0.2, 0.25) is 0 Å². The van der Waals surface area contributed by atoms with E-state index in [0.29, 0.717) is 5.84 Å². The average Bonchev–Trinajstić information content (AvgIpc) is 3.84. The van der Waals surface area contributed by atoms with Gasteiger partial charge in [-0.05, 0) is 74.3 Å². The van der Waals surface area contributed by atoms with E-state index in [1.165, 1.54) is 41.7 Å². The Kier molecular flexibility index (Phi) is 6.83. The van der Waals surface area contributed by atoms with Crippen molar-refractivity contribution >= 4 is 97.4 Å². The van der Waals surface area contributed by atoms with Crippen molar-refractivity contribution in [1.82, 2.24) is 5.32 Å². The van der Waals surface area contributed by atoms with E-state index >= 15 is 0 Å². The van der Waals surface area contributed by atoms with Gasteiger partial charge in [-0.2, -0.15) is 0 Å². The monoisotopic (exact) mass is 733 g/mol. The number of para-hydroxylation sites is 1. The zero-order chi connectivity index (χ0) is 36.7. The van der Waals surface area contributed by atoms with Gasteiger partial charge in [-0.25, -0.2) is 9.98 Å². The van der Waals surface area contributed by atoms with Gasteiger partial charge in [0.05, 0.1) is 0 Å². The van der Waals surface area contributed by atoms with E-state index < -0.39 is 6.17 Å². The third kappa shape index (κ3) is 4.91. The molecule has 4 nitrogen and oxygen atoms in total. The van der Waals surface area contributed by atoms with Crippen LogP contribution in [0.1, 0.15) is 22.9 Å². The Morgan fingerprint density at radius 2 is 1.14 bits per heavy atom. The molecule has 1 unspecified atom stereocenters. The summed E-state index contributed by atoms with van der Waals surface area (Å²) in [5.74, 6) is 1.48. The first-order chi connectivity index (χ1) is 27.7. The highest BCUT2D eigenvalue weighted by molar-refractivity contribution is 7.26. The van der Waals surface area contributed by atoms with Crippen LogP contribution in [-0.4, -0.2) is 11.7 Å². The smallest absolute Gasteiger partial charge is 0.159 e. The van der Waals surface area contributed by atoms with E-state index in [-0.39, 0.29) is 0 Å². The van der Waals surface area contributed by atoms with E-state index in [9.17, 15) is 0 Å². The van der Waals surface area contributed by atoms with Crippen molar-refractivity contribution in [2.75, 3.05) is 0 Å². The number of furan rings is 1. The van der Waals surface area contributed by atoms with Crippen molar-refractivity contribution in [2.24, 2.45) is 9.98 Å². The number of benzene rings is 9. The molecule has 1 aliphatic rings. The van der Waals surface area contributed by atoms with E-state index in [1.54, 1.807) is 0 Å². The van der Waals surface area contributed by atoms with Crippen LogP contribution in [-0.2, 0) is 0 Å². The Labute approximate surface area is 325 Å². The first-order valence-electron chi connectivity index (χ1n) is 18.9. The van der Waals surface area contributed by atoms with Crippen LogP contribution in [0.5, 0.6) is 0 Å². The van der Waals surface area contributed by atoms with Crippen LogP contribution in [0.4, 0.5) is 0 Å². The van der Waals surface area contributed by atoms with Gasteiger partial charge in [0, 0.05) is 53.2 Å². The maximum atomic E-state index is 6.84. The normalized spacial score (nSPS) is 14.6. The first-order valence-corrected chi connectivity index (χ1v) is 19.7. The molecule has 1 aliphatic heterocycles. The molecular formula is C51H31N3OS. The minimum absolute atomic E-state index is 0.412. The van der Waals surface area contributed by atoms with E-state index in [1.807, 2.05) is 11.3 Å². The van der Waals surface area contributed by atoms with Gasteiger partial charge in [0.15, 0.2) is 5.84 Å². The van der Waals surface area contributed by atoms with Gasteiger partial charge >= 0.3 is 0 Å². The summed E-state index contributed by atoms with van der Waals surface area (Å²) in [6, 6.07) is 62.7. The highest BCUT2D eigenvalue weighted by Crippen LogP contribution is 2.43. The Hall–Kier alpha value is -7.08. The molecule has 0 amide bonds. The topological polar surface area (TPSA) is 49.9 Å². The first kappa shape index (κ1) is 31.3. The maximum absolute atomic E-state index is 6.84. The second-order valence-electron chi connectivity index (χ2n) is 14.6. The zero-order valence-electron chi connectivity index (χ0n) is 30.0. The van der Waals surface area contributed by atoms with Crippen LogP contribution in [0, 0.1) is 0 Å². The predicted octanol–water partition coefficient (Wildman–Crippen LogP) is 13.6. The number of thiophene rings is 1. The Balaban J connectivity index is 1.03. The van der Waals surface area contributed by atoms with E-state index in [4.69, 9.17) is 14.4 Å². The number of hydrogen-bond acceptors (Lipinski definition) is 5. The molecule has 0 saturated carbocycles. The molecule has 11 aromatic rings. The second kappa shape index (κ2) is 12.2. The molecule has 1 atom stereocenters. The van der Waals surface area contributed by atoms with Crippen LogP contribution in [0.25, 0.3) is 85.6 Å². The zero-order valence-corrected chi connectivity index (χ0v) is 30.8. The van der Waals surface area contributed by atoms with Gasteiger partial charge in [-0.3, -0.25) is 0 Å². The SMILES string of the molecule is c1ccc2cc(C3=NC(c4cccc5oc6c(-c7ccc8sc9ccc%10ccccc%10c9c8c7)cccc6c45)NC(c4ccc5ccccc5c4)=N3)ccc2c1. The van der Waals surface area contributed by atoms with Gasteiger partial charge in [0.2, 0.25) is 0 Å². The average molecular weight is 734 g/mol. The number of amidine groups is 2. The molecule has 12 rings (SSSR count). The van der Waals surface area contributed by atoms with Crippen molar-refractivity contribution in [3.8, 4) is 11.1 Å². The number of nitrogens with zero attached hydrogens (tertiary/aromatic N) is 2. The van der Waals surface area contributed by atoms with Crippen molar-refractivity contribution in [3.05, 3.63) is 193 Å². The molecule has 0 aliphatic carbocycles. The lowest BCUT2D eigenvalue weighted by Gasteiger charge is -2.24. The lowest BCUT2D eigenvalue weighted by molar-refractivity contribution is 0.663. The second-order valence-corrected chi connectivity index (χ2v) is 15.6. The van der Waals surface area contributed by atoms with Gasteiger partial charge in [0.1, 0.15) is 23.2 Å². The maximum Gasteiger partial charge on any atom is 0.159 e. The summed E-state index contributed by atoms with van der Waals surface area (Å²) in [4.78, 5) is 10.5. The fraction of sp³-hybridized carbons (Fsp3) is 0.0196. The molecule has 0 spiro atoms. The number of nitrogens with one attached hydrogen (secondary N) is 1. The van der Waals surface area contributed by atoms with Crippen LogP contribution in [0.15, 0.2) is 190 Å². The molecule has 9 aromatic carbocycles. The number of fused-ring (bicyclic) bond motifs is 10. The highest BCUT2D eigenvalue weighted by atomic mass is 32.1. The summed E-state index contributed by atoms with van der Waals surface area (Å²) in [6.45, 7) is 0. The van der Waals surface area contributed by atoms with Gasteiger partial charge in [-0.15, -0.1) is 11.3 Å². The fourth-order valence-electron chi connectivity index (χ4n) is 8.60. The van der Waals surface area contributed by atoms with E-state index in [2.05, 4.69) is 181 Å². The largest absolute Gasteiger partial charge is 0.455 e. The number of hydrogen-bond donors (Lipinski definition) is 1. The lowest BCUT2D eigenvalue weighted by atomic mass is 9.97. The van der Waals surface area contributed by atoms with Crippen molar-refractivity contribution < 1.29 is 4.42 Å². The highest BCUT2D eigenvalue weighted by Gasteiger charge is 2.25. The molecule has 0 fully saturated rings. The Bertz CT molecular complexity index is 3480. The molecular weight excluding hydrogens is 703 g/mol. The fourth-order valence-corrected chi connectivity index (χ4v) is 9.70. The van der Waals surface area contributed by atoms with E-state index in [0.717, 1.165) is 66.4 Å². The number of aliphatic imine (C=N–C) groups is 2. The summed E-state index contributed by atoms with van der Waals surface area (Å²) in [5, 5.41) is 15.7. The quantitative estimate of drug-likeness (QED) is 0.196. The lowest BCUT2D eigenvalue weighted by Crippen LogP contribution is -2.33. The Morgan fingerprint density at radius 3 is 1.98 bits per heavy atom. The molecule has 56 heavy (non-hydrogen) atoms. The molecule has 3 heterocycles. The molecule has 2 aromatic heterocycles. The van der Waals surface area contributed by atoms with Crippen LogP contribution < -0.4 is 5.32 Å². The molecule has 0 bridgehead atoms. The summed E-state index contributed by atoms with van der Waals surface area (Å²) in [7, 11) is 0. The predicted molar refractivity (Wildman–Crippen MR) is 236 cm³/mol. The van der Waals surface area contributed by atoms with Crippen LogP contribution >= 0.6 is 11.3 Å². The molecule has 1 N–H and O–H groups in total. The Morgan fingerprint density at radius 1 is 0.482 bits per heavy atom. The minimum Gasteiger partial charge on any atom is -0.455 e. The van der Waals surface area contributed by atoms with Crippen molar-refractivity contribution in [1.29, 1.82) is 0 Å². The molecule has 0 saturated heterocycles. The van der Waals surface area contributed by atoms with Crippen molar-refractivity contribution in [2.45, 2.75) is 6.17 Å². The summed E-state index contributed by atoms with van der Waals surface area (Å²) in [6.07, 6.45) is -0.412. The van der Waals surface area contributed by atoms with Gasteiger partial charge < -0.3 is 9.73 Å². The van der Waals surface area contributed by atoms with Crippen molar-refractivity contribution in [3.63, 3.8) is 0 Å². The summed E-state index contributed by atoms with van der Waals surface area (Å²) in [5.41, 5.74) is 6.93. The van der Waals surface area contributed by atoms with Gasteiger partial charge in [-0.1, -0.05) is 140 Å². The summed E-state index contributed by atoms with van der Waals surface area (Å²) < 4.78 is 9.42. The van der Waals surface area contributed by atoms with Gasteiger partial charge in [0.25, 0.3) is 0 Å². The molecule has 0 radical (unpaired) electrons. The molecule has 262 valence electrons. The third-order valence-electron chi connectivity index (χ3n) is 11.3. The third-order valence-corrected chi connectivity index (χ3v) is 12.4. The standard InChI is InChI=1S/C51H31N3OS/c1-3-12-33-27-36(21-19-30(33)9-1)49-52-50(37-22-20-31-10-2-4-13-34(31)28-37)54-51(53-49)41-17-8-18-43-46(41)40-16-7-15-39(48(40)55-43)35-24-25-44-42(29-35)47-38-14-6-5-11-32(38)23-26-45(47)56-44/h1-29,51H,(H,52,53,54). The van der Waals surface area contributed by atoms with Crippen LogP contribution in [0.3, 0.4) is 0 Å². The summed E-state index contributed by atoms with van der Waals surface area (Å²) >= 11 is 1.85. The minimum atomic E-state index is -0.412. The number of rotatable bonds is 4.